The molecule has 0 spiro atoms. The van der Waals surface area contributed by atoms with E-state index in [1.807, 2.05) is 42.7 Å². The topological polar surface area (TPSA) is 75.6 Å². The Hall–Kier alpha value is -1.97. The van der Waals surface area contributed by atoms with Crippen molar-refractivity contribution < 1.29 is 4.79 Å². The van der Waals surface area contributed by atoms with Gasteiger partial charge in [0.1, 0.15) is 5.82 Å². The maximum absolute atomic E-state index is 12.3. The molecule has 2 aromatic heterocycles. The quantitative estimate of drug-likeness (QED) is 0.426. The van der Waals surface area contributed by atoms with E-state index in [0.717, 1.165) is 33.7 Å². The summed E-state index contributed by atoms with van der Waals surface area (Å²) in [5, 5.41) is 13.1. The van der Waals surface area contributed by atoms with Crippen molar-refractivity contribution >= 4 is 41.2 Å². The van der Waals surface area contributed by atoms with Crippen LogP contribution in [-0.4, -0.2) is 32.2 Å². The molecule has 0 aliphatic heterocycles. The molecule has 0 aliphatic carbocycles. The van der Waals surface area contributed by atoms with E-state index in [9.17, 15) is 4.79 Å². The van der Waals surface area contributed by atoms with E-state index >= 15 is 0 Å². The Bertz CT molecular complexity index is 958. The summed E-state index contributed by atoms with van der Waals surface area (Å²) in [6.45, 7) is 5.30. The van der Waals surface area contributed by atoms with Gasteiger partial charge in [-0.05, 0) is 50.3 Å². The maximum atomic E-state index is 12.3. The molecule has 6 nitrogen and oxygen atoms in total. The van der Waals surface area contributed by atoms with Crippen LogP contribution in [0.2, 0.25) is 0 Å². The first kappa shape index (κ1) is 19.8. The summed E-state index contributed by atoms with van der Waals surface area (Å²) in [5.74, 6) is 1.60. The standard InChI is InChI=1S/C18H21N5OS3/c1-3-23-16(21-22-18(23)25)8-9-19-17(24)13-4-6-15(7-5-13)27-11-14-10-26-12(2)20-14/h4-7,10H,3,8-9,11H2,1-2H3,(H,19,24)(H,22,25). The molecule has 142 valence electrons. The number of nitrogens with one attached hydrogen (secondary N) is 2. The smallest absolute Gasteiger partial charge is 0.251 e. The molecule has 3 aromatic rings. The number of carbonyl (C=O) groups is 1. The molecule has 2 heterocycles. The van der Waals surface area contributed by atoms with Crippen LogP contribution in [0.4, 0.5) is 0 Å². The highest BCUT2D eigenvalue weighted by Crippen LogP contribution is 2.23. The number of thioether (sulfide) groups is 1. The maximum Gasteiger partial charge on any atom is 0.251 e. The summed E-state index contributed by atoms with van der Waals surface area (Å²) in [5.41, 5.74) is 1.74. The van der Waals surface area contributed by atoms with Crippen LogP contribution in [0.15, 0.2) is 34.5 Å². The van der Waals surface area contributed by atoms with Crippen LogP contribution >= 0.6 is 35.3 Å². The van der Waals surface area contributed by atoms with Gasteiger partial charge in [-0.3, -0.25) is 9.89 Å². The third-order valence-corrected chi connectivity index (χ3v) is 6.14. The average Bonchev–Trinajstić information content (AvgIpc) is 3.25. The second-order valence-electron chi connectivity index (χ2n) is 5.87. The molecule has 0 saturated heterocycles. The first-order valence-electron chi connectivity index (χ1n) is 8.63. The molecular weight excluding hydrogens is 398 g/mol. The van der Waals surface area contributed by atoms with Gasteiger partial charge in [0, 0.05) is 41.1 Å². The molecule has 3 rings (SSSR count). The third-order valence-electron chi connectivity index (χ3n) is 3.96. The van der Waals surface area contributed by atoms with Crippen molar-refractivity contribution in [1.29, 1.82) is 0 Å². The number of hydrogen-bond acceptors (Lipinski definition) is 6. The number of benzene rings is 1. The molecule has 2 N–H and O–H groups in total. The van der Waals surface area contributed by atoms with Crippen LogP contribution in [0, 0.1) is 11.7 Å². The Morgan fingerprint density at radius 2 is 2.15 bits per heavy atom. The molecule has 0 unspecified atom stereocenters. The lowest BCUT2D eigenvalue weighted by Gasteiger charge is -2.07. The van der Waals surface area contributed by atoms with Crippen molar-refractivity contribution in [2.24, 2.45) is 0 Å². The summed E-state index contributed by atoms with van der Waals surface area (Å²) < 4.78 is 2.54. The number of aromatic amines is 1. The molecule has 1 aromatic carbocycles. The van der Waals surface area contributed by atoms with Gasteiger partial charge in [0.2, 0.25) is 0 Å². The van der Waals surface area contributed by atoms with Gasteiger partial charge in [-0.1, -0.05) is 0 Å². The summed E-state index contributed by atoms with van der Waals surface area (Å²) in [4.78, 5) is 17.9. The van der Waals surface area contributed by atoms with Crippen molar-refractivity contribution in [2.45, 2.75) is 37.5 Å². The number of amides is 1. The minimum absolute atomic E-state index is 0.0844. The van der Waals surface area contributed by atoms with Gasteiger partial charge >= 0.3 is 0 Å². The largest absolute Gasteiger partial charge is 0.352 e. The fourth-order valence-corrected chi connectivity index (χ4v) is 4.38. The minimum atomic E-state index is -0.0844. The van der Waals surface area contributed by atoms with Crippen LogP contribution in [0.25, 0.3) is 0 Å². The minimum Gasteiger partial charge on any atom is -0.352 e. The second-order valence-corrected chi connectivity index (χ2v) is 8.36. The van der Waals surface area contributed by atoms with Crippen molar-refractivity contribution in [3.8, 4) is 0 Å². The Balaban J connectivity index is 1.49. The number of H-pyrrole nitrogens is 1. The molecule has 0 bridgehead atoms. The molecule has 0 atom stereocenters. The number of nitrogens with zero attached hydrogens (tertiary/aromatic N) is 3. The highest BCUT2D eigenvalue weighted by atomic mass is 32.2. The zero-order chi connectivity index (χ0) is 19.2. The van der Waals surface area contributed by atoms with E-state index in [1.54, 1.807) is 23.1 Å². The van der Waals surface area contributed by atoms with Gasteiger partial charge in [-0.2, -0.15) is 5.10 Å². The van der Waals surface area contributed by atoms with E-state index < -0.39 is 0 Å². The zero-order valence-corrected chi connectivity index (χ0v) is 17.6. The highest BCUT2D eigenvalue weighted by molar-refractivity contribution is 7.98. The van der Waals surface area contributed by atoms with Crippen LogP contribution in [-0.2, 0) is 18.7 Å². The predicted molar refractivity (Wildman–Crippen MR) is 112 cm³/mol. The summed E-state index contributed by atoms with van der Waals surface area (Å²) in [7, 11) is 0. The van der Waals surface area contributed by atoms with Crippen molar-refractivity contribution in [1.82, 2.24) is 25.1 Å². The number of aryl methyl sites for hydroxylation is 1. The fourth-order valence-electron chi connectivity index (χ4n) is 2.59. The monoisotopic (exact) mass is 419 g/mol. The van der Waals surface area contributed by atoms with Gasteiger partial charge < -0.3 is 9.88 Å². The normalized spacial score (nSPS) is 10.9. The molecule has 0 fully saturated rings. The van der Waals surface area contributed by atoms with Gasteiger partial charge in [0.05, 0.1) is 10.7 Å². The van der Waals surface area contributed by atoms with E-state index in [1.165, 1.54) is 0 Å². The summed E-state index contributed by atoms with van der Waals surface area (Å²) in [6, 6.07) is 7.65. The van der Waals surface area contributed by atoms with Crippen LogP contribution in [0.1, 0.15) is 33.8 Å². The van der Waals surface area contributed by atoms with E-state index in [2.05, 4.69) is 25.9 Å². The molecule has 0 radical (unpaired) electrons. The lowest BCUT2D eigenvalue weighted by molar-refractivity contribution is 0.0954. The Kier molecular flexibility index (Phi) is 6.81. The number of carbonyl (C=O) groups excluding carboxylic acids is 1. The van der Waals surface area contributed by atoms with Crippen molar-refractivity contribution in [3.05, 3.63) is 56.5 Å². The highest BCUT2D eigenvalue weighted by Gasteiger charge is 2.08. The van der Waals surface area contributed by atoms with Crippen LogP contribution < -0.4 is 5.32 Å². The first-order chi connectivity index (χ1) is 13.1. The number of thiazole rings is 1. The molecule has 0 saturated carbocycles. The molecule has 27 heavy (non-hydrogen) atoms. The number of aromatic nitrogens is 4. The fraction of sp³-hybridized carbons (Fsp3) is 0.333. The molecule has 1 amide bonds. The van der Waals surface area contributed by atoms with Crippen LogP contribution in [0.3, 0.4) is 0 Å². The van der Waals surface area contributed by atoms with Gasteiger partial charge in [0.15, 0.2) is 4.77 Å². The Morgan fingerprint density at radius 1 is 1.37 bits per heavy atom. The lowest BCUT2D eigenvalue weighted by Crippen LogP contribution is -2.26. The second kappa shape index (κ2) is 9.29. The first-order valence-corrected chi connectivity index (χ1v) is 10.9. The lowest BCUT2D eigenvalue weighted by atomic mass is 10.2. The third kappa shape index (κ3) is 5.27. The SMILES string of the molecule is CCn1c(CCNC(=O)c2ccc(SCc3csc(C)n3)cc2)n[nH]c1=S. The van der Waals surface area contributed by atoms with E-state index in [-0.39, 0.29) is 5.91 Å². The summed E-state index contributed by atoms with van der Waals surface area (Å²) in [6.07, 6.45) is 0.633. The van der Waals surface area contributed by atoms with E-state index in [4.69, 9.17) is 12.2 Å². The Morgan fingerprint density at radius 3 is 2.81 bits per heavy atom. The number of hydrogen-bond donors (Lipinski definition) is 2. The molecular formula is C18H21N5OS3. The summed E-state index contributed by atoms with van der Waals surface area (Å²) >= 11 is 8.55. The van der Waals surface area contributed by atoms with Gasteiger partial charge in [-0.15, -0.1) is 23.1 Å². The zero-order valence-electron chi connectivity index (χ0n) is 15.2. The average molecular weight is 420 g/mol. The predicted octanol–water partition coefficient (Wildman–Crippen LogP) is 3.99. The Labute approximate surface area is 171 Å². The van der Waals surface area contributed by atoms with Crippen LogP contribution in [0.5, 0.6) is 0 Å². The van der Waals surface area contributed by atoms with Gasteiger partial charge in [0.25, 0.3) is 5.91 Å². The van der Waals surface area contributed by atoms with Crippen molar-refractivity contribution in [3.63, 3.8) is 0 Å². The van der Waals surface area contributed by atoms with E-state index in [0.29, 0.717) is 23.3 Å². The molecule has 0 aliphatic rings. The van der Waals surface area contributed by atoms with Gasteiger partial charge in [-0.25, -0.2) is 4.98 Å². The molecule has 9 heteroatoms. The number of rotatable bonds is 8. The van der Waals surface area contributed by atoms with Crippen molar-refractivity contribution in [2.75, 3.05) is 6.54 Å².